The summed E-state index contributed by atoms with van der Waals surface area (Å²) in [4.78, 5) is -0.250. The lowest BCUT2D eigenvalue weighted by molar-refractivity contribution is 0.227. The van der Waals surface area contributed by atoms with Crippen LogP contribution in [-0.2, 0) is 19.9 Å². The molecule has 0 spiro atoms. The van der Waals surface area contributed by atoms with E-state index in [2.05, 4.69) is 11.6 Å². The highest BCUT2D eigenvalue weighted by atomic mass is 35.5. The third kappa shape index (κ3) is 4.26. The molecule has 0 amide bonds. The second-order valence-electron chi connectivity index (χ2n) is 6.36. The molecule has 3 atom stereocenters. The summed E-state index contributed by atoms with van der Waals surface area (Å²) in [6.07, 6.45) is 3.86. The number of sulfonamides is 1. The molecule has 0 bridgehead atoms. The lowest BCUT2D eigenvalue weighted by atomic mass is 9.78. The molecule has 1 aromatic rings. The Bertz CT molecular complexity index is 790. The van der Waals surface area contributed by atoms with E-state index in [-0.39, 0.29) is 26.8 Å². The van der Waals surface area contributed by atoms with Gasteiger partial charge in [-0.05, 0) is 36.5 Å². The minimum absolute atomic E-state index is 0.0152. The van der Waals surface area contributed by atoms with E-state index in [1.165, 1.54) is 12.1 Å². The van der Waals surface area contributed by atoms with Crippen LogP contribution in [0.15, 0.2) is 28.0 Å². The molecule has 3 unspecified atom stereocenters. The second-order valence-corrected chi connectivity index (χ2v) is 10.5. The van der Waals surface area contributed by atoms with E-state index in [9.17, 15) is 16.8 Å². The van der Waals surface area contributed by atoms with E-state index < -0.39 is 19.9 Å². The zero-order chi connectivity index (χ0) is 17.4. The minimum atomic E-state index is -3.88. The molecule has 23 heavy (non-hydrogen) atoms. The number of hydrogen-bond donors (Lipinski definition) is 1. The highest BCUT2D eigenvalue weighted by Crippen LogP contribution is 2.31. The maximum Gasteiger partial charge on any atom is 0.242 e. The molecule has 0 aromatic heterocycles. The first-order valence-corrected chi connectivity index (χ1v) is 11.3. The highest BCUT2D eigenvalue weighted by Gasteiger charge is 2.31. The molecule has 0 saturated heterocycles. The van der Waals surface area contributed by atoms with Crippen molar-refractivity contribution in [2.75, 3.05) is 6.26 Å². The molecule has 0 radical (unpaired) electrons. The maximum atomic E-state index is 12.7. The van der Waals surface area contributed by atoms with Crippen molar-refractivity contribution in [3.8, 4) is 0 Å². The van der Waals surface area contributed by atoms with Crippen LogP contribution in [0.3, 0.4) is 0 Å². The number of nitrogens with one attached hydrogen (secondary N) is 1. The summed E-state index contributed by atoms with van der Waals surface area (Å²) in [6, 6.07) is 3.57. The average Bonchev–Trinajstić information content (AvgIpc) is 2.42. The van der Waals surface area contributed by atoms with Gasteiger partial charge in [0.15, 0.2) is 9.84 Å². The smallest absolute Gasteiger partial charge is 0.224 e. The van der Waals surface area contributed by atoms with E-state index in [1.807, 2.05) is 6.92 Å². The fourth-order valence-electron chi connectivity index (χ4n) is 2.93. The van der Waals surface area contributed by atoms with Crippen molar-refractivity contribution in [1.29, 1.82) is 0 Å². The van der Waals surface area contributed by atoms with Crippen LogP contribution >= 0.6 is 11.6 Å². The van der Waals surface area contributed by atoms with Gasteiger partial charge in [0.05, 0.1) is 9.92 Å². The zero-order valence-corrected chi connectivity index (χ0v) is 15.8. The van der Waals surface area contributed by atoms with Gasteiger partial charge in [0.25, 0.3) is 0 Å². The van der Waals surface area contributed by atoms with Crippen LogP contribution in [0.5, 0.6) is 0 Å². The number of hydrogen-bond acceptors (Lipinski definition) is 4. The summed E-state index contributed by atoms with van der Waals surface area (Å²) >= 11 is 6.00. The standard InChI is InChI=1S/C15H22ClNO4S2/c1-10-5-4-6-14(11(10)2)17-23(20,21)15-9-12(22(3,18)19)7-8-13(15)16/h7-11,14,17H,4-6H2,1-3H3. The summed E-state index contributed by atoms with van der Waals surface area (Å²) in [5.41, 5.74) is 0. The fourth-order valence-corrected chi connectivity index (χ4v) is 5.54. The van der Waals surface area contributed by atoms with E-state index in [4.69, 9.17) is 11.6 Å². The average molecular weight is 380 g/mol. The molecule has 1 aromatic carbocycles. The van der Waals surface area contributed by atoms with Gasteiger partial charge in [0.2, 0.25) is 10.0 Å². The SMILES string of the molecule is CC1CCCC(NS(=O)(=O)c2cc(S(C)(=O)=O)ccc2Cl)C1C. The number of sulfone groups is 1. The zero-order valence-electron chi connectivity index (χ0n) is 13.4. The molecule has 8 heteroatoms. The van der Waals surface area contributed by atoms with Gasteiger partial charge in [-0.3, -0.25) is 0 Å². The van der Waals surface area contributed by atoms with Crippen molar-refractivity contribution in [2.45, 2.75) is 48.9 Å². The normalized spacial score (nSPS) is 26.2. The molecule has 1 fully saturated rings. The Morgan fingerprint density at radius 3 is 2.39 bits per heavy atom. The Kier molecular flexibility index (Phi) is 5.45. The van der Waals surface area contributed by atoms with Crippen LogP contribution in [0.1, 0.15) is 33.1 Å². The van der Waals surface area contributed by atoms with Gasteiger partial charge in [-0.25, -0.2) is 21.6 Å². The van der Waals surface area contributed by atoms with Crippen LogP contribution in [0.4, 0.5) is 0 Å². The molecule has 1 N–H and O–H groups in total. The van der Waals surface area contributed by atoms with Crippen molar-refractivity contribution in [3.63, 3.8) is 0 Å². The van der Waals surface area contributed by atoms with E-state index in [0.29, 0.717) is 5.92 Å². The van der Waals surface area contributed by atoms with Crippen molar-refractivity contribution >= 4 is 31.5 Å². The van der Waals surface area contributed by atoms with E-state index >= 15 is 0 Å². The molecule has 1 saturated carbocycles. The van der Waals surface area contributed by atoms with E-state index in [1.54, 1.807) is 0 Å². The number of rotatable bonds is 4. The second kappa shape index (κ2) is 6.70. The first kappa shape index (κ1) is 18.7. The van der Waals surface area contributed by atoms with Gasteiger partial charge in [-0.2, -0.15) is 0 Å². The van der Waals surface area contributed by atoms with Gasteiger partial charge in [0.1, 0.15) is 4.90 Å². The summed E-state index contributed by atoms with van der Waals surface area (Å²) in [6.45, 7) is 4.15. The van der Waals surface area contributed by atoms with Crippen LogP contribution < -0.4 is 4.72 Å². The lowest BCUT2D eigenvalue weighted by Gasteiger charge is -2.34. The van der Waals surface area contributed by atoms with Crippen molar-refractivity contribution in [2.24, 2.45) is 11.8 Å². The summed E-state index contributed by atoms with van der Waals surface area (Å²) in [5.74, 6) is 0.657. The predicted molar refractivity (Wildman–Crippen MR) is 90.9 cm³/mol. The van der Waals surface area contributed by atoms with Crippen molar-refractivity contribution < 1.29 is 16.8 Å². The monoisotopic (exact) mass is 379 g/mol. The Hall–Kier alpha value is -0.630. The topological polar surface area (TPSA) is 80.3 Å². The fraction of sp³-hybridized carbons (Fsp3) is 0.600. The molecule has 5 nitrogen and oxygen atoms in total. The van der Waals surface area contributed by atoms with Crippen molar-refractivity contribution in [1.82, 2.24) is 4.72 Å². The third-order valence-electron chi connectivity index (χ3n) is 4.63. The quantitative estimate of drug-likeness (QED) is 0.872. The van der Waals surface area contributed by atoms with Gasteiger partial charge in [0, 0.05) is 12.3 Å². The van der Waals surface area contributed by atoms with Crippen LogP contribution in [0.25, 0.3) is 0 Å². The van der Waals surface area contributed by atoms with E-state index in [0.717, 1.165) is 31.6 Å². The highest BCUT2D eigenvalue weighted by molar-refractivity contribution is 7.91. The Morgan fingerprint density at radius 1 is 1.13 bits per heavy atom. The molecule has 0 heterocycles. The van der Waals surface area contributed by atoms with Crippen LogP contribution in [0, 0.1) is 11.8 Å². The Morgan fingerprint density at radius 2 is 1.78 bits per heavy atom. The first-order chi connectivity index (χ1) is 10.5. The molecule has 2 rings (SSSR count). The Labute approximate surface area is 143 Å². The van der Waals surface area contributed by atoms with Crippen LogP contribution in [0.2, 0.25) is 5.02 Å². The number of benzene rings is 1. The van der Waals surface area contributed by atoms with Gasteiger partial charge in [-0.1, -0.05) is 38.3 Å². The van der Waals surface area contributed by atoms with Gasteiger partial charge >= 0.3 is 0 Å². The van der Waals surface area contributed by atoms with Crippen LogP contribution in [-0.4, -0.2) is 29.1 Å². The Balaban J connectivity index is 2.36. The molecule has 130 valence electrons. The van der Waals surface area contributed by atoms with Crippen molar-refractivity contribution in [3.05, 3.63) is 23.2 Å². The minimum Gasteiger partial charge on any atom is -0.224 e. The largest absolute Gasteiger partial charge is 0.242 e. The lowest BCUT2D eigenvalue weighted by Crippen LogP contribution is -2.43. The summed E-state index contributed by atoms with van der Waals surface area (Å²) in [7, 11) is -7.38. The van der Waals surface area contributed by atoms with Gasteiger partial charge in [-0.15, -0.1) is 0 Å². The number of halogens is 1. The first-order valence-electron chi connectivity index (χ1n) is 7.54. The summed E-state index contributed by atoms with van der Waals surface area (Å²) < 4.78 is 51.3. The predicted octanol–water partition coefficient (Wildman–Crippen LogP) is 2.85. The maximum absolute atomic E-state index is 12.7. The molecule has 0 aliphatic heterocycles. The molecular weight excluding hydrogens is 358 g/mol. The third-order valence-corrected chi connectivity index (χ3v) is 7.72. The molecular formula is C15H22ClNO4S2. The van der Waals surface area contributed by atoms with Gasteiger partial charge < -0.3 is 0 Å². The molecule has 1 aliphatic carbocycles. The molecule has 1 aliphatic rings. The summed E-state index contributed by atoms with van der Waals surface area (Å²) in [5, 5.41) is 0.0152.